The molecule has 4 heteroatoms. The molecule has 1 rings (SSSR count). The van der Waals surface area contributed by atoms with Gasteiger partial charge in [-0.25, -0.2) is 0 Å². The van der Waals surface area contributed by atoms with Crippen LogP contribution in [-0.2, 0) is 4.74 Å². The zero-order valence-corrected chi connectivity index (χ0v) is 8.86. The number of nitrogens with zero attached hydrogens (tertiary/aromatic N) is 1. The predicted octanol–water partition coefficient (Wildman–Crippen LogP) is -0.101. The van der Waals surface area contributed by atoms with Gasteiger partial charge in [-0.15, -0.1) is 0 Å². The van der Waals surface area contributed by atoms with Gasteiger partial charge in [0.2, 0.25) is 0 Å². The van der Waals surface area contributed by atoms with Gasteiger partial charge in [0.05, 0.1) is 12.7 Å². The maximum absolute atomic E-state index is 9.05. The molecule has 0 aromatic rings. The SMILES string of the molecule is CBC1CN(C(C)C)CC(CO)O1. The van der Waals surface area contributed by atoms with E-state index in [0.717, 1.165) is 20.4 Å². The van der Waals surface area contributed by atoms with E-state index in [9.17, 15) is 0 Å². The van der Waals surface area contributed by atoms with Crippen LogP contribution in [0, 0.1) is 0 Å². The topological polar surface area (TPSA) is 32.7 Å². The molecule has 1 heterocycles. The van der Waals surface area contributed by atoms with E-state index < -0.39 is 0 Å². The Balaban J connectivity index is 2.49. The van der Waals surface area contributed by atoms with Crippen LogP contribution in [0.25, 0.3) is 0 Å². The monoisotopic (exact) mass is 185 g/mol. The van der Waals surface area contributed by atoms with Gasteiger partial charge in [0.25, 0.3) is 0 Å². The third-order valence-electron chi connectivity index (χ3n) is 2.65. The summed E-state index contributed by atoms with van der Waals surface area (Å²) in [4.78, 5) is 2.37. The molecule has 0 bridgehead atoms. The quantitative estimate of drug-likeness (QED) is 0.623. The molecule has 1 N–H and O–H groups in total. The fourth-order valence-electron chi connectivity index (χ4n) is 1.70. The molecule has 13 heavy (non-hydrogen) atoms. The van der Waals surface area contributed by atoms with Crippen LogP contribution in [0.2, 0.25) is 6.82 Å². The molecule has 0 aliphatic carbocycles. The van der Waals surface area contributed by atoms with Crippen molar-refractivity contribution in [2.24, 2.45) is 0 Å². The highest BCUT2D eigenvalue weighted by Crippen LogP contribution is 2.12. The number of aliphatic hydroxyl groups excluding tert-OH is 1. The van der Waals surface area contributed by atoms with Gasteiger partial charge in [-0.3, -0.25) is 4.90 Å². The number of morpholine rings is 1. The van der Waals surface area contributed by atoms with Crippen LogP contribution in [0.4, 0.5) is 0 Å². The van der Waals surface area contributed by atoms with Gasteiger partial charge in [-0.05, 0) is 13.8 Å². The van der Waals surface area contributed by atoms with Gasteiger partial charge in [0.15, 0.2) is 7.28 Å². The summed E-state index contributed by atoms with van der Waals surface area (Å²) in [6.45, 7) is 8.51. The van der Waals surface area contributed by atoms with Crippen molar-refractivity contribution in [3.8, 4) is 0 Å². The van der Waals surface area contributed by atoms with Crippen LogP contribution >= 0.6 is 0 Å². The first-order chi connectivity index (χ1) is 6.17. The lowest BCUT2D eigenvalue weighted by Gasteiger charge is -2.39. The van der Waals surface area contributed by atoms with Crippen LogP contribution in [-0.4, -0.2) is 55.1 Å². The van der Waals surface area contributed by atoms with Crippen molar-refractivity contribution in [2.75, 3.05) is 19.7 Å². The largest absolute Gasteiger partial charge is 0.394 e. The molecule has 1 fully saturated rings. The maximum atomic E-state index is 9.05. The summed E-state index contributed by atoms with van der Waals surface area (Å²) >= 11 is 0. The average molecular weight is 185 g/mol. The molecule has 1 aliphatic heterocycles. The van der Waals surface area contributed by atoms with Crippen molar-refractivity contribution >= 4 is 7.28 Å². The van der Waals surface area contributed by atoms with Gasteiger partial charge in [0.1, 0.15) is 0 Å². The van der Waals surface area contributed by atoms with Crippen LogP contribution < -0.4 is 0 Å². The number of aliphatic hydroxyl groups is 1. The Labute approximate surface area is 81.3 Å². The Kier molecular flexibility index (Phi) is 4.23. The van der Waals surface area contributed by atoms with Crippen molar-refractivity contribution in [3.63, 3.8) is 0 Å². The summed E-state index contributed by atoms with van der Waals surface area (Å²) in [6.07, 6.45) is 0.0149. The lowest BCUT2D eigenvalue weighted by atomic mass is 9.73. The molecule has 3 nitrogen and oxygen atoms in total. The molecule has 2 atom stereocenters. The summed E-state index contributed by atoms with van der Waals surface area (Å²) in [6, 6.07) is 0.847. The summed E-state index contributed by atoms with van der Waals surface area (Å²) in [5.41, 5.74) is 0. The lowest BCUT2D eigenvalue weighted by Crippen LogP contribution is -2.52. The Morgan fingerprint density at radius 1 is 1.54 bits per heavy atom. The van der Waals surface area contributed by atoms with Gasteiger partial charge < -0.3 is 9.84 Å². The fraction of sp³-hybridized carbons (Fsp3) is 1.00. The smallest absolute Gasteiger partial charge is 0.156 e. The van der Waals surface area contributed by atoms with Crippen LogP contribution in [0.3, 0.4) is 0 Å². The van der Waals surface area contributed by atoms with E-state index in [0.29, 0.717) is 12.0 Å². The Hall–Kier alpha value is -0.0551. The molecule has 1 saturated heterocycles. The normalized spacial score (nSPS) is 30.8. The molecule has 0 aromatic carbocycles. The first-order valence-electron chi connectivity index (χ1n) is 5.17. The maximum Gasteiger partial charge on any atom is 0.156 e. The summed E-state index contributed by atoms with van der Waals surface area (Å²) in [7, 11) is 1.03. The molecular formula is C9H20BNO2. The minimum atomic E-state index is 0.0149. The third-order valence-corrected chi connectivity index (χ3v) is 2.65. The van der Waals surface area contributed by atoms with E-state index in [2.05, 4.69) is 25.6 Å². The van der Waals surface area contributed by atoms with E-state index in [4.69, 9.17) is 9.84 Å². The Morgan fingerprint density at radius 2 is 2.23 bits per heavy atom. The third kappa shape index (κ3) is 2.97. The highest BCUT2D eigenvalue weighted by Gasteiger charge is 2.27. The number of ether oxygens (including phenoxy) is 1. The minimum absolute atomic E-state index is 0.0149. The van der Waals surface area contributed by atoms with E-state index in [1.54, 1.807) is 0 Å². The van der Waals surface area contributed by atoms with Gasteiger partial charge in [-0.2, -0.15) is 0 Å². The lowest BCUT2D eigenvalue weighted by molar-refractivity contribution is -0.0799. The van der Waals surface area contributed by atoms with Crippen molar-refractivity contribution in [2.45, 2.75) is 38.8 Å². The van der Waals surface area contributed by atoms with Crippen molar-refractivity contribution in [1.29, 1.82) is 0 Å². The molecule has 0 amide bonds. The number of hydrogen-bond acceptors (Lipinski definition) is 3. The van der Waals surface area contributed by atoms with E-state index in [1.165, 1.54) is 0 Å². The molecule has 0 saturated carbocycles. The minimum Gasteiger partial charge on any atom is -0.394 e. The molecule has 0 spiro atoms. The average Bonchev–Trinajstić information content (AvgIpc) is 2.16. The van der Waals surface area contributed by atoms with Crippen molar-refractivity contribution < 1.29 is 9.84 Å². The first-order valence-corrected chi connectivity index (χ1v) is 5.17. The summed E-state index contributed by atoms with van der Waals surface area (Å²) in [5.74, 6) is 0. The summed E-state index contributed by atoms with van der Waals surface area (Å²) in [5, 5.41) is 9.05. The second kappa shape index (κ2) is 4.98. The number of rotatable bonds is 3. The highest BCUT2D eigenvalue weighted by atomic mass is 16.5. The van der Waals surface area contributed by atoms with Gasteiger partial charge >= 0.3 is 0 Å². The van der Waals surface area contributed by atoms with E-state index in [-0.39, 0.29) is 12.7 Å². The number of hydrogen-bond donors (Lipinski definition) is 1. The molecule has 0 aromatic heterocycles. The molecular weight excluding hydrogens is 165 g/mol. The molecule has 76 valence electrons. The van der Waals surface area contributed by atoms with E-state index in [1.807, 2.05) is 0 Å². The van der Waals surface area contributed by atoms with Crippen molar-refractivity contribution in [3.05, 3.63) is 0 Å². The Bertz CT molecular complexity index is 143. The molecule has 2 unspecified atom stereocenters. The molecule has 0 radical (unpaired) electrons. The summed E-state index contributed by atoms with van der Waals surface area (Å²) < 4.78 is 5.67. The van der Waals surface area contributed by atoms with E-state index >= 15 is 0 Å². The first kappa shape index (κ1) is 11.0. The second-order valence-electron chi connectivity index (χ2n) is 4.02. The van der Waals surface area contributed by atoms with Crippen LogP contribution in [0.5, 0.6) is 0 Å². The van der Waals surface area contributed by atoms with Crippen molar-refractivity contribution in [1.82, 2.24) is 4.90 Å². The molecule has 1 aliphatic rings. The zero-order valence-electron chi connectivity index (χ0n) is 8.86. The van der Waals surface area contributed by atoms with Gasteiger partial charge in [0, 0.05) is 25.1 Å². The predicted molar refractivity (Wildman–Crippen MR) is 55.5 cm³/mol. The zero-order chi connectivity index (χ0) is 9.84. The van der Waals surface area contributed by atoms with Crippen LogP contribution in [0.15, 0.2) is 0 Å². The Morgan fingerprint density at radius 3 is 2.69 bits per heavy atom. The van der Waals surface area contributed by atoms with Crippen LogP contribution in [0.1, 0.15) is 13.8 Å². The fourth-order valence-corrected chi connectivity index (χ4v) is 1.70. The second-order valence-corrected chi connectivity index (χ2v) is 4.02. The standard InChI is InChI=1S/C9H20BNO2/c1-7(2)11-4-8(6-12)13-9(5-11)10-3/h7-10,12H,4-6H2,1-3H3. The highest BCUT2D eigenvalue weighted by molar-refractivity contribution is 6.35. The van der Waals surface area contributed by atoms with Gasteiger partial charge in [-0.1, -0.05) is 6.82 Å².